The molecule has 2 aliphatic rings. The molecular weight excluding hydrogens is 809 g/mol. The largest absolute Gasteiger partial charge is 0.455 e. The molecule has 0 fully saturated rings. The molecule has 14 aromatic rings. The summed E-state index contributed by atoms with van der Waals surface area (Å²) in [7, 11) is 0. The van der Waals surface area contributed by atoms with Crippen molar-refractivity contribution in [1.82, 2.24) is 9.13 Å². The number of aromatic nitrogens is 2. The number of furan rings is 1. The molecule has 2 aliphatic carbocycles. The van der Waals surface area contributed by atoms with E-state index in [0.29, 0.717) is 0 Å². The van der Waals surface area contributed by atoms with E-state index in [-0.39, 0.29) is 0 Å². The van der Waals surface area contributed by atoms with E-state index < -0.39 is 5.41 Å². The molecule has 4 heterocycles. The highest BCUT2D eigenvalue weighted by Crippen LogP contribution is 2.63. The second-order valence-corrected chi connectivity index (χ2v) is 19.0. The summed E-state index contributed by atoms with van der Waals surface area (Å²) in [5.74, 6) is 0. The van der Waals surface area contributed by atoms with Crippen LogP contribution in [0.1, 0.15) is 22.3 Å². The summed E-state index contributed by atoms with van der Waals surface area (Å²) in [6.45, 7) is 0. The normalized spacial score (nSPS) is 13.7. The molecule has 300 valence electrons. The molecule has 16 rings (SSSR count). The van der Waals surface area contributed by atoms with Crippen LogP contribution in [-0.4, -0.2) is 9.13 Å². The highest BCUT2D eigenvalue weighted by Gasteiger charge is 2.51. The lowest BCUT2D eigenvalue weighted by molar-refractivity contribution is 0.677. The maximum atomic E-state index is 7.35. The highest BCUT2D eigenvalue weighted by atomic mass is 32.1. The van der Waals surface area contributed by atoms with Crippen molar-refractivity contribution in [2.45, 2.75) is 5.41 Å². The Morgan fingerprint density at radius 1 is 0.323 bits per heavy atom. The number of hydrogen-bond donors (Lipinski definition) is 0. The number of benzene rings is 10. The fraction of sp³-hybridized carbons (Fsp3) is 0.0164. The average molecular weight is 843 g/mol. The van der Waals surface area contributed by atoms with Gasteiger partial charge in [0.2, 0.25) is 0 Å². The van der Waals surface area contributed by atoms with Crippen LogP contribution in [0.15, 0.2) is 211 Å². The van der Waals surface area contributed by atoms with Crippen molar-refractivity contribution in [3.63, 3.8) is 0 Å². The number of fused-ring (bicyclic) bond motifs is 24. The third kappa shape index (κ3) is 4.13. The van der Waals surface area contributed by atoms with E-state index in [9.17, 15) is 0 Å². The van der Waals surface area contributed by atoms with Crippen molar-refractivity contribution in [2.24, 2.45) is 0 Å². The van der Waals surface area contributed by atoms with Gasteiger partial charge in [0, 0.05) is 53.1 Å². The van der Waals surface area contributed by atoms with Gasteiger partial charge in [-0.2, -0.15) is 0 Å². The molecule has 4 aromatic heterocycles. The van der Waals surface area contributed by atoms with E-state index in [1.54, 1.807) is 0 Å². The Labute approximate surface area is 376 Å². The summed E-state index contributed by atoms with van der Waals surface area (Å²) in [5, 5.41) is 9.49. The summed E-state index contributed by atoms with van der Waals surface area (Å²) in [6.07, 6.45) is 0. The lowest BCUT2D eigenvalue weighted by atomic mass is 9.70. The summed E-state index contributed by atoms with van der Waals surface area (Å²) < 4.78 is 14.9. The van der Waals surface area contributed by atoms with Gasteiger partial charge < -0.3 is 13.6 Å². The third-order valence-electron chi connectivity index (χ3n) is 14.9. The first kappa shape index (κ1) is 34.3. The smallest absolute Gasteiger partial charge is 0.145 e. The zero-order valence-electron chi connectivity index (χ0n) is 34.8. The van der Waals surface area contributed by atoms with Crippen molar-refractivity contribution in [3.05, 3.63) is 229 Å². The van der Waals surface area contributed by atoms with E-state index in [1.165, 1.54) is 81.0 Å². The molecule has 3 nitrogen and oxygen atoms in total. The van der Waals surface area contributed by atoms with Crippen LogP contribution in [0.3, 0.4) is 0 Å². The SMILES string of the molecule is c1ccc2c(c1)-c1ccccc1C21c2ccccc2-c2ccc(-n3c4ccccc4c4c5oc6c(ccc7c6c6ccccc6n7-c6ccc7sc8ccccc8c7c6)c5ccc43)cc21. The van der Waals surface area contributed by atoms with Crippen molar-refractivity contribution in [1.29, 1.82) is 0 Å². The number of nitrogens with zero attached hydrogens (tertiary/aromatic N) is 2. The Morgan fingerprint density at radius 2 is 0.785 bits per heavy atom. The number of para-hydroxylation sites is 2. The van der Waals surface area contributed by atoms with Gasteiger partial charge in [-0.25, -0.2) is 0 Å². The Balaban J connectivity index is 0.953. The highest BCUT2D eigenvalue weighted by molar-refractivity contribution is 7.25. The van der Waals surface area contributed by atoms with E-state index in [4.69, 9.17) is 4.42 Å². The van der Waals surface area contributed by atoms with Crippen molar-refractivity contribution >= 4 is 97.1 Å². The summed E-state index contributed by atoms with van der Waals surface area (Å²) in [4.78, 5) is 0. The first-order valence-electron chi connectivity index (χ1n) is 22.4. The van der Waals surface area contributed by atoms with Gasteiger partial charge in [-0.15, -0.1) is 11.3 Å². The Kier molecular flexibility index (Phi) is 6.38. The maximum Gasteiger partial charge on any atom is 0.145 e. The molecule has 1 spiro atoms. The van der Waals surface area contributed by atoms with Crippen LogP contribution in [0.2, 0.25) is 0 Å². The van der Waals surface area contributed by atoms with Crippen LogP contribution in [-0.2, 0) is 5.41 Å². The molecule has 0 radical (unpaired) electrons. The van der Waals surface area contributed by atoms with Crippen LogP contribution in [0.25, 0.3) is 119 Å². The second kappa shape index (κ2) is 12.1. The van der Waals surface area contributed by atoms with E-state index in [0.717, 1.165) is 60.6 Å². The second-order valence-electron chi connectivity index (χ2n) is 17.9. The average Bonchev–Trinajstić information content (AvgIpc) is 4.20. The van der Waals surface area contributed by atoms with Crippen LogP contribution in [0, 0.1) is 0 Å². The molecule has 0 N–H and O–H groups in total. The minimum atomic E-state index is -0.423. The van der Waals surface area contributed by atoms with Crippen LogP contribution >= 0.6 is 11.3 Å². The molecule has 0 bridgehead atoms. The van der Waals surface area contributed by atoms with Gasteiger partial charge in [-0.3, -0.25) is 0 Å². The fourth-order valence-corrected chi connectivity index (χ4v) is 13.5. The lowest BCUT2D eigenvalue weighted by Crippen LogP contribution is -2.26. The Hall–Kier alpha value is -8.18. The Morgan fingerprint density at radius 3 is 1.38 bits per heavy atom. The standard InChI is InChI=1S/C61H34N2OS/c1-7-19-47-37(13-1)38-14-2-8-20-48(38)61(47)49-21-9-3-15-39(49)40-27-25-36(34-50(40)61)63-52-23-11-5-18-45(52)58-54(63)31-29-43-42-28-30-53-57(59(42)64-60(43)58)44-17-4-10-22-51(44)62(53)35-26-32-56-46(33-35)41-16-6-12-24-55(41)65-56/h1-34H. The molecule has 0 saturated carbocycles. The molecule has 0 saturated heterocycles. The third-order valence-corrected chi connectivity index (χ3v) is 16.1. The Bertz CT molecular complexity index is 4370. The molecule has 65 heavy (non-hydrogen) atoms. The van der Waals surface area contributed by atoms with E-state index in [1.807, 2.05) is 11.3 Å². The van der Waals surface area contributed by atoms with Gasteiger partial charge in [0.15, 0.2) is 0 Å². The first-order valence-corrected chi connectivity index (χ1v) is 23.2. The first-order chi connectivity index (χ1) is 32.3. The zero-order chi connectivity index (χ0) is 42.1. The van der Waals surface area contributed by atoms with Crippen LogP contribution in [0.5, 0.6) is 0 Å². The molecule has 0 unspecified atom stereocenters. The monoisotopic (exact) mass is 842 g/mol. The van der Waals surface area contributed by atoms with Crippen molar-refractivity contribution in [2.75, 3.05) is 0 Å². The van der Waals surface area contributed by atoms with Crippen molar-refractivity contribution < 1.29 is 4.42 Å². The minimum absolute atomic E-state index is 0.423. The van der Waals surface area contributed by atoms with Crippen LogP contribution < -0.4 is 0 Å². The number of rotatable bonds is 2. The summed E-state index contributed by atoms with van der Waals surface area (Å²) in [5.41, 5.74) is 18.9. The molecule has 0 aliphatic heterocycles. The minimum Gasteiger partial charge on any atom is -0.455 e. The number of thiophene rings is 1. The maximum absolute atomic E-state index is 7.35. The van der Waals surface area contributed by atoms with Gasteiger partial charge in [0.05, 0.1) is 38.3 Å². The molecule has 0 atom stereocenters. The van der Waals surface area contributed by atoms with E-state index in [2.05, 4.69) is 215 Å². The van der Waals surface area contributed by atoms with Gasteiger partial charge >= 0.3 is 0 Å². The lowest BCUT2D eigenvalue weighted by Gasteiger charge is -2.30. The number of hydrogen-bond acceptors (Lipinski definition) is 2. The fourth-order valence-electron chi connectivity index (χ4n) is 12.4. The van der Waals surface area contributed by atoms with Crippen LogP contribution in [0.4, 0.5) is 0 Å². The predicted octanol–water partition coefficient (Wildman–Crippen LogP) is 16.5. The molecular formula is C61H34N2OS. The van der Waals surface area contributed by atoms with Gasteiger partial charge in [-0.05, 0) is 117 Å². The topological polar surface area (TPSA) is 23.0 Å². The van der Waals surface area contributed by atoms with Gasteiger partial charge in [0.25, 0.3) is 0 Å². The zero-order valence-corrected chi connectivity index (χ0v) is 35.7. The molecule has 10 aromatic carbocycles. The quantitative estimate of drug-likeness (QED) is 0.170. The van der Waals surface area contributed by atoms with Gasteiger partial charge in [0.1, 0.15) is 11.2 Å². The van der Waals surface area contributed by atoms with Gasteiger partial charge in [-0.1, -0.05) is 133 Å². The summed E-state index contributed by atoms with van der Waals surface area (Å²) >= 11 is 1.86. The van der Waals surface area contributed by atoms with E-state index >= 15 is 0 Å². The summed E-state index contributed by atoms with van der Waals surface area (Å²) in [6, 6.07) is 76.8. The van der Waals surface area contributed by atoms with Crippen molar-refractivity contribution in [3.8, 4) is 33.6 Å². The molecule has 0 amide bonds. The molecule has 4 heteroatoms. The predicted molar refractivity (Wildman–Crippen MR) is 272 cm³/mol.